The van der Waals surface area contributed by atoms with Gasteiger partial charge in [0.1, 0.15) is 0 Å². The minimum atomic E-state index is -0.398. The van der Waals surface area contributed by atoms with E-state index in [4.69, 9.17) is 15.2 Å². The van der Waals surface area contributed by atoms with Crippen LogP contribution in [0.5, 0.6) is 0 Å². The lowest BCUT2D eigenvalue weighted by atomic mass is 9.82. The van der Waals surface area contributed by atoms with Gasteiger partial charge in [0.2, 0.25) is 0 Å². The highest BCUT2D eigenvalue weighted by Gasteiger charge is 2.27. The lowest BCUT2D eigenvalue weighted by Crippen LogP contribution is -2.38. The first kappa shape index (κ1) is 14.8. The van der Waals surface area contributed by atoms with Crippen molar-refractivity contribution in [3.05, 3.63) is 0 Å². The first-order valence-corrected chi connectivity index (χ1v) is 5.51. The van der Waals surface area contributed by atoms with E-state index in [0.29, 0.717) is 19.8 Å². The summed E-state index contributed by atoms with van der Waals surface area (Å²) in [5, 5.41) is 9.56. The molecule has 4 nitrogen and oxygen atoms in total. The lowest BCUT2D eigenvalue weighted by molar-refractivity contribution is 0.0186. The van der Waals surface area contributed by atoms with E-state index in [2.05, 4.69) is 0 Å². The minimum Gasteiger partial charge on any atom is -0.393 e. The van der Waals surface area contributed by atoms with Crippen LogP contribution >= 0.6 is 0 Å². The van der Waals surface area contributed by atoms with Crippen molar-refractivity contribution < 1.29 is 14.6 Å². The maximum atomic E-state index is 9.56. The van der Waals surface area contributed by atoms with Gasteiger partial charge in [-0.3, -0.25) is 0 Å². The Labute approximate surface area is 92.7 Å². The van der Waals surface area contributed by atoms with Gasteiger partial charge in [-0.1, -0.05) is 6.92 Å². The zero-order valence-corrected chi connectivity index (χ0v) is 10.2. The Balaban J connectivity index is 3.55. The molecule has 2 unspecified atom stereocenters. The van der Waals surface area contributed by atoms with Crippen LogP contribution in [0.4, 0.5) is 0 Å². The van der Waals surface area contributed by atoms with E-state index in [1.807, 2.05) is 6.92 Å². The number of hydrogen-bond donors (Lipinski definition) is 2. The molecule has 2 atom stereocenters. The van der Waals surface area contributed by atoms with E-state index in [0.717, 1.165) is 19.4 Å². The van der Waals surface area contributed by atoms with Gasteiger partial charge in [-0.2, -0.15) is 0 Å². The van der Waals surface area contributed by atoms with Crippen LogP contribution in [0.25, 0.3) is 0 Å². The summed E-state index contributed by atoms with van der Waals surface area (Å²) in [7, 11) is 1.68. The standard InChI is InChI=1S/C11H25NO3/c1-10(13)11(2,9-12)5-8-15-7-4-6-14-3/h10,13H,4-9,12H2,1-3H3. The van der Waals surface area contributed by atoms with Crippen molar-refractivity contribution in [2.45, 2.75) is 32.8 Å². The summed E-state index contributed by atoms with van der Waals surface area (Å²) >= 11 is 0. The predicted molar refractivity (Wildman–Crippen MR) is 60.8 cm³/mol. The summed E-state index contributed by atoms with van der Waals surface area (Å²) in [6.45, 7) is 6.31. The number of rotatable bonds is 9. The largest absolute Gasteiger partial charge is 0.393 e. The summed E-state index contributed by atoms with van der Waals surface area (Å²) in [6, 6.07) is 0. The third-order valence-electron chi connectivity index (χ3n) is 2.93. The fourth-order valence-electron chi connectivity index (χ4n) is 1.19. The van der Waals surface area contributed by atoms with Gasteiger partial charge in [-0.25, -0.2) is 0 Å². The number of hydrogen-bond acceptors (Lipinski definition) is 4. The zero-order valence-electron chi connectivity index (χ0n) is 10.2. The average Bonchev–Trinajstić information content (AvgIpc) is 2.22. The molecule has 0 amide bonds. The Hall–Kier alpha value is -0.160. The van der Waals surface area contributed by atoms with E-state index in [1.54, 1.807) is 14.0 Å². The molecule has 0 aliphatic heterocycles. The molecular weight excluding hydrogens is 194 g/mol. The van der Waals surface area contributed by atoms with Crippen molar-refractivity contribution in [3.63, 3.8) is 0 Å². The van der Waals surface area contributed by atoms with Gasteiger partial charge in [0.25, 0.3) is 0 Å². The second-order valence-electron chi connectivity index (χ2n) is 4.24. The zero-order chi connectivity index (χ0) is 11.7. The van der Waals surface area contributed by atoms with Crippen LogP contribution in [0.1, 0.15) is 26.7 Å². The van der Waals surface area contributed by atoms with Crippen molar-refractivity contribution in [2.24, 2.45) is 11.1 Å². The minimum absolute atomic E-state index is 0.235. The van der Waals surface area contributed by atoms with Crippen LogP contribution in [0.15, 0.2) is 0 Å². The molecule has 0 spiro atoms. The fraction of sp³-hybridized carbons (Fsp3) is 1.00. The number of methoxy groups -OCH3 is 1. The molecule has 0 saturated heterocycles. The van der Waals surface area contributed by atoms with Gasteiger partial charge in [0, 0.05) is 38.9 Å². The van der Waals surface area contributed by atoms with Crippen LogP contribution < -0.4 is 5.73 Å². The molecule has 15 heavy (non-hydrogen) atoms. The summed E-state index contributed by atoms with van der Waals surface area (Å²) < 4.78 is 10.3. The smallest absolute Gasteiger partial charge is 0.0578 e. The molecule has 0 aromatic carbocycles. The van der Waals surface area contributed by atoms with Crippen molar-refractivity contribution in [1.82, 2.24) is 0 Å². The van der Waals surface area contributed by atoms with Crippen LogP contribution in [0.2, 0.25) is 0 Å². The molecule has 3 N–H and O–H groups in total. The highest BCUT2D eigenvalue weighted by molar-refractivity contribution is 4.80. The van der Waals surface area contributed by atoms with Crippen LogP contribution in [0.3, 0.4) is 0 Å². The van der Waals surface area contributed by atoms with Crippen molar-refractivity contribution in [3.8, 4) is 0 Å². The van der Waals surface area contributed by atoms with Crippen molar-refractivity contribution in [2.75, 3.05) is 33.5 Å². The second kappa shape index (κ2) is 8.05. The maximum absolute atomic E-state index is 9.56. The molecule has 0 aliphatic carbocycles. The van der Waals surface area contributed by atoms with Gasteiger partial charge in [-0.05, 0) is 19.8 Å². The van der Waals surface area contributed by atoms with Crippen LogP contribution in [-0.2, 0) is 9.47 Å². The van der Waals surface area contributed by atoms with Crippen molar-refractivity contribution >= 4 is 0 Å². The molecule has 0 aromatic rings. The number of ether oxygens (including phenoxy) is 2. The Kier molecular flexibility index (Phi) is 7.96. The van der Waals surface area contributed by atoms with Crippen molar-refractivity contribution in [1.29, 1.82) is 0 Å². The Morgan fingerprint density at radius 2 is 2.00 bits per heavy atom. The first-order chi connectivity index (χ1) is 7.06. The molecule has 0 heterocycles. The Bertz CT molecular complexity index is 153. The van der Waals surface area contributed by atoms with Gasteiger partial charge >= 0.3 is 0 Å². The molecule has 0 bridgehead atoms. The Morgan fingerprint density at radius 3 is 2.47 bits per heavy atom. The van der Waals surface area contributed by atoms with Crippen LogP contribution in [-0.4, -0.2) is 44.7 Å². The summed E-state index contributed by atoms with van der Waals surface area (Å²) in [6.07, 6.45) is 1.30. The van der Waals surface area contributed by atoms with E-state index in [1.165, 1.54) is 0 Å². The first-order valence-electron chi connectivity index (χ1n) is 5.51. The predicted octanol–water partition coefficient (Wildman–Crippen LogP) is 0.775. The Morgan fingerprint density at radius 1 is 1.33 bits per heavy atom. The van der Waals surface area contributed by atoms with Gasteiger partial charge in [0.15, 0.2) is 0 Å². The maximum Gasteiger partial charge on any atom is 0.0578 e. The van der Waals surface area contributed by atoms with Gasteiger partial charge in [-0.15, -0.1) is 0 Å². The van der Waals surface area contributed by atoms with E-state index < -0.39 is 6.10 Å². The molecule has 0 radical (unpaired) electrons. The lowest BCUT2D eigenvalue weighted by Gasteiger charge is -2.30. The summed E-state index contributed by atoms with van der Waals surface area (Å²) in [4.78, 5) is 0. The second-order valence-corrected chi connectivity index (χ2v) is 4.24. The topological polar surface area (TPSA) is 64.7 Å². The molecule has 0 rings (SSSR count). The number of aliphatic hydroxyl groups is 1. The fourth-order valence-corrected chi connectivity index (χ4v) is 1.19. The molecule has 0 aromatic heterocycles. The van der Waals surface area contributed by atoms with Crippen LogP contribution in [0, 0.1) is 5.41 Å². The monoisotopic (exact) mass is 219 g/mol. The number of aliphatic hydroxyl groups excluding tert-OH is 1. The number of nitrogens with two attached hydrogens (primary N) is 1. The highest BCUT2D eigenvalue weighted by atomic mass is 16.5. The van der Waals surface area contributed by atoms with E-state index in [9.17, 15) is 5.11 Å². The summed E-state index contributed by atoms with van der Waals surface area (Å²) in [5.74, 6) is 0. The van der Waals surface area contributed by atoms with E-state index >= 15 is 0 Å². The molecule has 92 valence electrons. The highest BCUT2D eigenvalue weighted by Crippen LogP contribution is 2.24. The third kappa shape index (κ3) is 6.10. The molecule has 4 heteroatoms. The molecule has 0 fully saturated rings. The van der Waals surface area contributed by atoms with Gasteiger partial charge < -0.3 is 20.3 Å². The SMILES string of the molecule is COCCCOCCC(C)(CN)C(C)O. The molecular formula is C11H25NO3. The molecule has 0 aliphatic rings. The van der Waals surface area contributed by atoms with E-state index in [-0.39, 0.29) is 5.41 Å². The third-order valence-corrected chi connectivity index (χ3v) is 2.93. The average molecular weight is 219 g/mol. The van der Waals surface area contributed by atoms with Gasteiger partial charge in [0.05, 0.1) is 6.10 Å². The molecule has 0 saturated carbocycles. The summed E-state index contributed by atoms with van der Waals surface area (Å²) in [5.41, 5.74) is 5.40. The normalized spacial score (nSPS) is 17.4. The quantitative estimate of drug-likeness (QED) is 0.562.